The van der Waals surface area contributed by atoms with Gasteiger partial charge in [-0.3, -0.25) is 9.20 Å². The van der Waals surface area contributed by atoms with E-state index in [9.17, 15) is 4.79 Å². The molecule has 18 heavy (non-hydrogen) atoms. The number of rotatable bonds is 1. The van der Waals surface area contributed by atoms with Crippen LogP contribution in [0, 0.1) is 6.92 Å². The van der Waals surface area contributed by atoms with E-state index in [1.54, 1.807) is 16.7 Å². The van der Waals surface area contributed by atoms with Gasteiger partial charge in [0.1, 0.15) is 11.5 Å². The predicted molar refractivity (Wildman–Crippen MR) is 66.6 cm³/mol. The molecule has 7 heteroatoms. The molecule has 1 N–H and O–H groups in total. The van der Waals surface area contributed by atoms with Crippen LogP contribution >= 0.6 is 11.6 Å². The van der Waals surface area contributed by atoms with Crippen LogP contribution < -0.4 is 5.43 Å². The minimum Gasteiger partial charge on any atom is -0.364 e. The lowest BCUT2D eigenvalue weighted by Gasteiger charge is -1.99. The lowest BCUT2D eigenvalue weighted by molar-refractivity contribution is 1.06. The first-order valence-electron chi connectivity index (χ1n) is 5.21. The van der Waals surface area contributed by atoms with Crippen LogP contribution in [-0.2, 0) is 0 Å². The molecule has 3 aromatic rings. The number of nitrogens with zero attached hydrogens (tertiary/aromatic N) is 4. The molecular formula is C11H8ClN5O. The molecule has 0 aliphatic carbocycles. The quantitative estimate of drug-likeness (QED) is 0.673. The fraction of sp³-hybridized carbons (Fsp3) is 0.0909. The number of hydrogen-bond acceptors (Lipinski definition) is 4. The Bertz CT molecular complexity index is 791. The molecule has 0 bridgehead atoms. The molecule has 0 amide bonds. The summed E-state index contributed by atoms with van der Waals surface area (Å²) in [5.74, 6) is 0.440. The first kappa shape index (κ1) is 10.9. The van der Waals surface area contributed by atoms with Gasteiger partial charge in [0.25, 0.3) is 0 Å². The molecule has 0 aliphatic rings. The highest BCUT2D eigenvalue weighted by Crippen LogP contribution is 2.15. The van der Waals surface area contributed by atoms with Crippen LogP contribution in [0.5, 0.6) is 0 Å². The van der Waals surface area contributed by atoms with Crippen molar-refractivity contribution in [1.82, 2.24) is 24.6 Å². The Morgan fingerprint density at radius 2 is 2.17 bits per heavy atom. The summed E-state index contributed by atoms with van der Waals surface area (Å²) in [6.07, 6.45) is 3.11. The maximum absolute atomic E-state index is 11.9. The molecular weight excluding hydrogens is 254 g/mol. The van der Waals surface area contributed by atoms with Crippen molar-refractivity contribution >= 4 is 17.2 Å². The Labute approximate surface area is 106 Å². The first-order chi connectivity index (χ1) is 8.65. The van der Waals surface area contributed by atoms with Crippen molar-refractivity contribution in [3.05, 3.63) is 45.7 Å². The number of aromatic amines is 1. The highest BCUT2D eigenvalue weighted by molar-refractivity contribution is 6.29. The maximum Gasteiger partial charge on any atom is 0.192 e. The molecule has 0 saturated carbocycles. The lowest BCUT2D eigenvalue weighted by atomic mass is 10.2. The van der Waals surface area contributed by atoms with Crippen LogP contribution in [0.4, 0.5) is 0 Å². The van der Waals surface area contributed by atoms with Crippen molar-refractivity contribution in [3.63, 3.8) is 0 Å². The Morgan fingerprint density at radius 3 is 2.94 bits per heavy atom. The van der Waals surface area contributed by atoms with Gasteiger partial charge in [0.15, 0.2) is 16.9 Å². The number of nitrogens with one attached hydrogen (secondary N) is 1. The summed E-state index contributed by atoms with van der Waals surface area (Å²) in [5, 5.41) is 8.28. The zero-order chi connectivity index (χ0) is 12.7. The van der Waals surface area contributed by atoms with E-state index in [4.69, 9.17) is 11.6 Å². The second-order valence-electron chi connectivity index (χ2n) is 3.86. The number of H-pyrrole nitrogens is 1. The first-order valence-corrected chi connectivity index (χ1v) is 5.59. The Kier molecular flexibility index (Phi) is 2.38. The van der Waals surface area contributed by atoms with Gasteiger partial charge in [0.2, 0.25) is 0 Å². The standard InChI is InChI=1S/C11H8ClN5O/c1-6-2-8(18)7(4-13-6)11-16-15-10-3-9(12)14-5-17(10)11/h2-5H,1H3,(H,13,18). The highest BCUT2D eigenvalue weighted by atomic mass is 35.5. The molecule has 0 fully saturated rings. The van der Waals surface area contributed by atoms with Gasteiger partial charge in [0, 0.05) is 24.0 Å². The van der Waals surface area contributed by atoms with Crippen molar-refractivity contribution in [2.24, 2.45) is 0 Å². The van der Waals surface area contributed by atoms with Crippen LogP contribution in [0.15, 0.2) is 29.5 Å². The molecule has 0 radical (unpaired) electrons. The topological polar surface area (TPSA) is 75.9 Å². The molecule has 3 rings (SSSR count). The normalized spacial score (nSPS) is 11.0. The van der Waals surface area contributed by atoms with E-state index in [2.05, 4.69) is 20.2 Å². The van der Waals surface area contributed by atoms with E-state index in [1.807, 2.05) is 6.92 Å². The van der Waals surface area contributed by atoms with Gasteiger partial charge >= 0.3 is 0 Å². The minimum absolute atomic E-state index is 0.115. The van der Waals surface area contributed by atoms with E-state index in [1.165, 1.54) is 12.4 Å². The van der Waals surface area contributed by atoms with Gasteiger partial charge in [-0.05, 0) is 6.92 Å². The van der Waals surface area contributed by atoms with Crippen LogP contribution in [-0.4, -0.2) is 24.6 Å². The van der Waals surface area contributed by atoms with Crippen LogP contribution in [0.3, 0.4) is 0 Å². The number of aromatic nitrogens is 5. The van der Waals surface area contributed by atoms with Crippen molar-refractivity contribution in [2.75, 3.05) is 0 Å². The summed E-state index contributed by atoms with van der Waals surface area (Å²) in [6, 6.07) is 3.10. The van der Waals surface area contributed by atoms with Gasteiger partial charge in [-0.15, -0.1) is 10.2 Å². The van der Waals surface area contributed by atoms with E-state index in [-0.39, 0.29) is 5.43 Å². The molecule has 0 saturated heterocycles. The van der Waals surface area contributed by atoms with Gasteiger partial charge in [-0.1, -0.05) is 11.6 Å². The number of fused-ring (bicyclic) bond motifs is 1. The number of halogens is 1. The number of aryl methyl sites for hydroxylation is 1. The fourth-order valence-corrected chi connectivity index (χ4v) is 1.85. The summed E-state index contributed by atoms with van der Waals surface area (Å²) < 4.78 is 1.62. The van der Waals surface area contributed by atoms with Crippen LogP contribution in [0.1, 0.15) is 5.69 Å². The Morgan fingerprint density at radius 1 is 1.33 bits per heavy atom. The van der Waals surface area contributed by atoms with Crippen molar-refractivity contribution in [2.45, 2.75) is 6.92 Å². The van der Waals surface area contributed by atoms with Crippen LogP contribution in [0.25, 0.3) is 17.0 Å². The molecule has 3 aromatic heterocycles. The van der Waals surface area contributed by atoms with Crippen molar-refractivity contribution in [3.8, 4) is 11.4 Å². The second-order valence-corrected chi connectivity index (χ2v) is 4.24. The molecule has 90 valence electrons. The summed E-state index contributed by atoms with van der Waals surface area (Å²) >= 11 is 5.77. The molecule has 0 aliphatic heterocycles. The fourth-order valence-electron chi connectivity index (χ4n) is 1.70. The average Bonchev–Trinajstić information content (AvgIpc) is 2.72. The Balaban J connectivity index is 2.29. The van der Waals surface area contributed by atoms with Crippen molar-refractivity contribution in [1.29, 1.82) is 0 Å². The molecule has 3 heterocycles. The van der Waals surface area contributed by atoms with Gasteiger partial charge in [-0.2, -0.15) is 0 Å². The smallest absolute Gasteiger partial charge is 0.192 e. The lowest BCUT2D eigenvalue weighted by Crippen LogP contribution is -2.07. The maximum atomic E-state index is 11.9. The Hall–Kier alpha value is -2.21. The SMILES string of the molecule is Cc1cc(=O)c(-c2nnc3cc(Cl)ncn23)c[nH]1. The molecule has 0 atom stereocenters. The third kappa shape index (κ3) is 1.67. The van der Waals surface area contributed by atoms with Gasteiger partial charge < -0.3 is 4.98 Å². The summed E-state index contributed by atoms with van der Waals surface area (Å²) in [6.45, 7) is 1.81. The van der Waals surface area contributed by atoms with Gasteiger partial charge in [-0.25, -0.2) is 4.98 Å². The number of hydrogen-bond donors (Lipinski definition) is 1. The molecule has 0 unspecified atom stereocenters. The van der Waals surface area contributed by atoms with E-state index in [0.717, 1.165) is 5.69 Å². The monoisotopic (exact) mass is 261 g/mol. The summed E-state index contributed by atoms with van der Waals surface area (Å²) in [5.41, 5.74) is 1.66. The van der Waals surface area contributed by atoms with E-state index in [0.29, 0.717) is 22.2 Å². The van der Waals surface area contributed by atoms with E-state index < -0.39 is 0 Å². The molecule has 0 aromatic carbocycles. The third-order valence-corrected chi connectivity index (χ3v) is 2.77. The molecule has 6 nitrogen and oxygen atoms in total. The minimum atomic E-state index is -0.115. The summed E-state index contributed by atoms with van der Waals surface area (Å²) in [4.78, 5) is 18.8. The highest BCUT2D eigenvalue weighted by Gasteiger charge is 2.11. The van der Waals surface area contributed by atoms with E-state index >= 15 is 0 Å². The largest absolute Gasteiger partial charge is 0.364 e. The predicted octanol–water partition coefficient (Wildman–Crippen LogP) is 1.44. The molecule has 0 spiro atoms. The van der Waals surface area contributed by atoms with Crippen molar-refractivity contribution < 1.29 is 0 Å². The van der Waals surface area contributed by atoms with Gasteiger partial charge in [0.05, 0.1) is 5.56 Å². The zero-order valence-corrected chi connectivity index (χ0v) is 10.1. The average molecular weight is 262 g/mol. The number of pyridine rings is 1. The van der Waals surface area contributed by atoms with Crippen LogP contribution in [0.2, 0.25) is 5.15 Å². The summed E-state index contributed by atoms with van der Waals surface area (Å²) in [7, 11) is 0. The zero-order valence-electron chi connectivity index (χ0n) is 9.38. The second kappa shape index (κ2) is 3.92. The third-order valence-electron chi connectivity index (χ3n) is 2.57.